The first kappa shape index (κ1) is 23.6. The summed E-state index contributed by atoms with van der Waals surface area (Å²) >= 11 is 1.56. The van der Waals surface area contributed by atoms with E-state index >= 15 is 0 Å². The number of rotatable bonds is 0. The van der Waals surface area contributed by atoms with Gasteiger partial charge in [-0.05, 0) is 0 Å². The molecule has 3 aliphatic rings. The summed E-state index contributed by atoms with van der Waals surface area (Å²) in [5, 5.41) is 0. The summed E-state index contributed by atoms with van der Waals surface area (Å²) in [6, 6.07) is 6.56. The molecule has 2 saturated heterocycles. The summed E-state index contributed by atoms with van der Waals surface area (Å²) < 4.78 is 1.56. The van der Waals surface area contributed by atoms with Crippen LogP contribution < -0.4 is 24.8 Å². The molecular weight excluding hydrogens is 398 g/mol. The van der Waals surface area contributed by atoms with E-state index in [0.717, 1.165) is 0 Å². The molecule has 0 nitrogen and oxygen atoms in total. The normalized spacial score (nSPS) is 20.0. The predicted octanol–water partition coefficient (Wildman–Crippen LogP) is -2.26. The molecule has 0 radical (unpaired) electrons. The molecule has 2 aliphatic heterocycles. The average Bonchev–Trinajstić information content (AvgIpc) is 2.95. The summed E-state index contributed by atoms with van der Waals surface area (Å²) in [6.07, 6.45) is 17.0. The van der Waals surface area contributed by atoms with Crippen LogP contribution in [-0.2, 0) is 24.7 Å². The Morgan fingerprint density at radius 2 is 1.20 bits per heavy atom. The van der Waals surface area contributed by atoms with Crippen LogP contribution in [0.15, 0.2) is 21.5 Å². The summed E-state index contributed by atoms with van der Waals surface area (Å²) in [4.78, 5) is 0. The molecule has 20 heavy (non-hydrogen) atoms. The van der Waals surface area contributed by atoms with Crippen LogP contribution in [0.1, 0.15) is 44.9 Å². The predicted molar refractivity (Wildman–Crippen MR) is 85.9 cm³/mol. The zero-order valence-electron chi connectivity index (χ0n) is 12.7. The third-order valence-corrected chi connectivity index (χ3v) is 8.68. The second-order valence-electron chi connectivity index (χ2n) is 5.57. The van der Waals surface area contributed by atoms with Gasteiger partial charge < -0.3 is 24.8 Å². The molecule has 2 fully saturated rings. The molecule has 0 amide bonds. The second-order valence-corrected chi connectivity index (χ2v) is 11.4. The van der Waals surface area contributed by atoms with Crippen molar-refractivity contribution in [2.45, 2.75) is 69.1 Å². The summed E-state index contributed by atoms with van der Waals surface area (Å²) in [5.74, 6) is 0. The number of hydrogen-bond donors (Lipinski definition) is 0. The number of halogens is 2. The van der Waals surface area contributed by atoms with Crippen LogP contribution in [0.4, 0.5) is 0 Å². The molecule has 5 heteroatoms. The molecule has 0 unspecified atom stereocenters. The molecular formula is C15H29Cl2Si2Zr. The van der Waals surface area contributed by atoms with Crippen LogP contribution in [0.25, 0.3) is 0 Å². The topological polar surface area (TPSA) is 0 Å². The molecule has 0 aromatic rings. The quantitative estimate of drug-likeness (QED) is 0.383. The van der Waals surface area contributed by atoms with Gasteiger partial charge in [0.2, 0.25) is 0 Å². The van der Waals surface area contributed by atoms with Crippen LogP contribution >= 0.6 is 0 Å². The Morgan fingerprint density at radius 1 is 0.750 bits per heavy atom. The molecule has 1 aliphatic carbocycles. The minimum absolute atomic E-state index is 0. The molecule has 3 rings (SSSR count). The van der Waals surface area contributed by atoms with Crippen molar-refractivity contribution in [3.05, 3.63) is 21.5 Å². The van der Waals surface area contributed by atoms with E-state index in [1.807, 2.05) is 0 Å². The van der Waals surface area contributed by atoms with Gasteiger partial charge in [-0.1, -0.05) is 62.7 Å². The second kappa shape index (κ2) is 18.4. The van der Waals surface area contributed by atoms with Crippen molar-refractivity contribution in [1.82, 2.24) is 0 Å². The van der Waals surface area contributed by atoms with Gasteiger partial charge in [0, 0.05) is 19.0 Å². The SMILES string of the molecule is C1CC[SiH2]CC1.C1CC[SiH2]CC1.[Cl-].[Cl-].[Zr+2][C]1=CC=CC1. The van der Waals surface area contributed by atoms with Gasteiger partial charge in [0.25, 0.3) is 0 Å². The zero-order valence-corrected chi connectivity index (χ0v) is 19.5. The van der Waals surface area contributed by atoms with Gasteiger partial charge in [-0.25, -0.2) is 0 Å². The first-order valence-electron chi connectivity index (χ1n) is 7.97. The molecule has 0 aromatic heterocycles. The average molecular weight is 428 g/mol. The Bertz CT molecular complexity index is 215. The van der Waals surface area contributed by atoms with Crippen LogP contribution in [-0.4, -0.2) is 19.0 Å². The van der Waals surface area contributed by atoms with E-state index in [0.29, 0.717) is 19.0 Å². The van der Waals surface area contributed by atoms with Crippen molar-refractivity contribution in [3.63, 3.8) is 0 Å². The van der Waals surface area contributed by atoms with Crippen molar-refractivity contribution in [1.29, 1.82) is 0 Å². The van der Waals surface area contributed by atoms with Gasteiger partial charge in [0.05, 0.1) is 0 Å². The third kappa shape index (κ3) is 15.8. The molecule has 0 spiro atoms. The molecule has 2 heterocycles. The molecule has 0 saturated carbocycles. The monoisotopic (exact) mass is 425 g/mol. The van der Waals surface area contributed by atoms with E-state index in [2.05, 4.69) is 18.2 Å². The Labute approximate surface area is 158 Å². The minimum atomic E-state index is 0. The molecule has 0 aromatic carbocycles. The summed E-state index contributed by atoms with van der Waals surface area (Å²) in [7, 11) is 1.02. The number of allylic oxidation sites excluding steroid dienone is 4. The fourth-order valence-corrected chi connectivity index (χ4v) is 6.63. The standard InChI is InChI=1S/2C5H12Si.C5H5.2ClH.Zr/c2*1-2-4-6-5-3-1;1-2-4-5-3-1;;;/h2*1-6H2;1-3H,4H2;2*1H;/q;;;;;+2/p-2. The van der Waals surface area contributed by atoms with Crippen LogP contribution in [0.5, 0.6) is 0 Å². The van der Waals surface area contributed by atoms with Crippen LogP contribution in [0.2, 0.25) is 24.2 Å². The maximum absolute atomic E-state index is 2.18. The summed E-state index contributed by atoms with van der Waals surface area (Å²) in [6.45, 7) is 0. The van der Waals surface area contributed by atoms with Crippen LogP contribution in [0, 0.1) is 0 Å². The Balaban J connectivity index is 0. The Morgan fingerprint density at radius 3 is 1.30 bits per heavy atom. The van der Waals surface area contributed by atoms with Crippen molar-refractivity contribution < 1.29 is 49.5 Å². The zero-order chi connectivity index (χ0) is 12.9. The van der Waals surface area contributed by atoms with Crippen molar-refractivity contribution >= 4 is 19.0 Å². The Kier molecular flexibility index (Phi) is 21.8. The van der Waals surface area contributed by atoms with Crippen molar-refractivity contribution in [3.8, 4) is 0 Å². The van der Waals surface area contributed by atoms with E-state index in [-0.39, 0.29) is 24.8 Å². The number of hydrogen-bond acceptors (Lipinski definition) is 0. The first-order chi connectivity index (χ1) is 8.89. The van der Waals surface area contributed by atoms with Gasteiger partial charge in [-0.3, -0.25) is 0 Å². The van der Waals surface area contributed by atoms with E-state index in [1.165, 1.54) is 19.3 Å². The van der Waals surface area contributed by atoms with Gasteiger partial charge in [-0.15, -0.1) is 0 Å². The van der Waals surface area contributed by atoms with Gasteiger partial charge >= 0.3 is 52.6 Å². The molecule has 0 bridgehead atoms. The van der Waals surface area contributed by atoms with Gasteiger partial charge in [0.15, 0.2) is 0 Å². The van der Waals surface area contributed by atoms with Gasteiger partial charge in [-0.2, -0.15) is 0 Å². The van der Waals surface area contributed by atoms with Crippen LogP contribution in [0.3, 0.4) is 0 Å². The third-order valence-electron chi connectivity index (χ3n) is 3.77. The van der Waals surface area contributed by atoms with E-state index < -0.39 is 0 Å². The van der Waals surface area contributed by atoms with Gasteiger partial charge in [0.1, 0.15) is 0 Å². The molecule has 0 N–H and O–H groups in total. The van der Waals surface area contributed by atoms with Crippen molar-refractivity contribution in [2.24, 2.45) is 0 Å². The van der Waals surface area contributed by atoms with Crippen molar-refractivity contribution in [2.75, 3.05) is 0 Å². The molecule has 0 atom stereocenters. The Hall–Kier alpha value is 1.38. The maximum atomic E-state index is 2.18. The molecule has 115 valence electrons. The fraction of sp³-hybridized carbons (Fsp3) is 0.733. The first-order valence-corrected chi connectivity index (χ1v) is 13.2. The van der Waals surface area contributed by atoms with E-state index in [4.69, 9.17) is 0 Å². The fourth-order valence-electron chi connectivity index (χ4n) is 2.57. The van der Waals surface area contributed by atoms with E-state index in [1.54, 1.807) is 77.9 Å². The summed E-state index contributed by atoms with van der Waals surface area (Å²) in [5.41, 5.74) is 0. The van der Waals surface area contributed by atoms with E-state index in [9.17, 15) is 0 Å².